The van der Waals surface area contributed by atoms with Crippen LogP contribution < -0.4 is 11.1 Å². The Morgan fingerprint density at radius 1 is 1.18 bits per heavy atom. The number of amides is 2. The second-order valence-electron chi connectivity index (χ2n) is 6.73. The molecule has 0 aromatic heterocycles. The summed E-state index contributed by atoms with van der Waals surface area (Å²) in [7, 11) is 1.40. The van der Waals surface area contributed by atoms with Crippen molar-refractivity contribution in [3.63, 3.8) is 0 Å². The molecular formula is C16H29N3O3. The average molecular weight is 311 g/mol. The monoisotopic (exact) mass is 311 g/mol. The number of methoxy groups -OCH3 is 1. The fourth-order valence-corrected chi connectivity index (χ4v) is 3.72. The van der Waals surface area contributed by atoms with E-state index in [0.29, 0.717) is 19.5 Å². The predicted molar refractivity (Wildman–Crippen MR) is 84.3 cm³/mol. The number of hydrogen-bond acceptors (Lipinski definition) is 4. The minimum absolute atomic E-state index is 0.123. The minimum Gasteiger partial charge on any atom is -0.469 e. The van der Waals surface area contributed by atoms with Gasteiger partial charge in [-0.05, 0) is 37.6 Å². The molecule has 22 heavy (non-hydrogen) atoms. The highest BCUT2D eigenvalue weighted by atomic mass is 16.5. The SMILES string of the molecule is COC(=O)CC1CC(NCC2CCCCC2)CN(C(N)=O)C1. The van der Waals surface area contributed by atoms with Gasteiger partial charge in [0.15, 0.2) is 0 Å². The fraction of sp³-hybridized carbons (Fsp3) is 0.875. The molecule has 0 radical (unpaired) electrons. The van der Waals surface area contributed by atoms with Crippen LogP contribution in [0.4, 0.5) is 4.79 Å². The van der Waals surface area contributed by atoms with Gasteiger partial charge in [-0.15, -0.1) is 0 Å². The number of piperidine rings is 1. The third-order valence-corrected chi connectivity index (χ3v) is 4.95. The van der Waals surface area contributed by atoms with Crippen molar-refractivity contribution in [1.82, 2.24) is 10.2 Å². The van der Waals surface area contributed by atoms with Gasteiger partial charge in [-0.25, -0.2) is 4.79 Å². The molecule has 6 nitrogen and oxygen atoms in total. The Bertz CT molecular complexity index is 383. The van der Waals surface area contributed by atoms with Crippen LogP contribution in [0, 0.1) is 11.8 Å². The number of hydrogen-bond donors (Lipinski definition) is 2. The fourth-order valence-electron chi connectivity index (χ4n) is 3.72. The Labute approximate surface area is 132 Å². The van der Waals surface area contributed by atoms with Gasteiger partial charge in [0, 0.05) is 19.1 Å². The number of nitrogens with zero attached hydrogens (tertiary/aromatic N) is 1. The van der Waals surface area contributed by atoms with E-state index >= 15 is 0 Å². The molecule has 0 aromatic carbocycles. The molecule has 6 heteroatoms. The van der Waals surface area contributed by atoms with Crippen molar-refractivity contribution in [2.75, 3.05) is 26.7 Å². The Balaban J connectivity index is 1.84. The second-order valence-corrected chi connectivity index (χ2v) is 6.73. The first-order valence-corrected chi connectivity index (χ1v) is 8.43. The van der Waals surface area contributed by atoms with Crippen LogP contribution in [-0.2, 0) is 9.53 Å². The zero-order valence-electron chi connectivity index (χ0n) is 13.6. The molecule has 126 valence electrons. The van der Waals surface area contributed by atoms with Crippen molar-refractivity contribution in [2.45, 2.75) is 51.0 Å². The van der Waals surface area contributed by atoms with E-state index in [1.54, 1.807) is 4.90 Å². The number of ether oxygens (including phenoxy) is 1. The van der Waals surface area contributed by atoms with E-state index in [2.05, 4.69) is 5.32 Å². The van der Waals surface area contributed by atoms with E-state index < -0.39 is 6.03 Å². The summed E-state index contributed by atoms with van der Waals surface area (Å²) in [5, 5.41) is 3.60. The first-order valence-electron chi connectivity index (χ1n) is 8.43. The molecule has 2 fully saturated rings. The van der Waals surface area contributed by atoms with Crippen molar-refractivity contribution >= 4 is 12.0 Å². The second kappa shape index (κ2) is 8.36. The number of carbonyl (C=O) groups excluding carboxylic acids is 2. The van der Waals surface area contributed by atoms with Gasteiger partial charge in [-0.2, -0.15) is 0 Å². The summed E-state index contributed by atoms with van der Waals surface area (Å²) in [5.74, 6) is 0.650. The van der Waals surface area contributed by atoms with Crippen molar-refractivity contribution in [3.05, 3.63) is 0 Å². The van der Waals surface area contributed by atoms with E-state index in [-0.39, 0.29) is 17.9 Å². The van der Waals surface area contributed by atoms with Gasteiger partial charge in [-0.1, -0.05) is 19.3 Å². The lowest BCUT2D eigenvalue weighted by molar-refractivity contribution is -0.142. The van der Waals surface area contributed by atoms with E-state index in [9.17, 15) is 9.59 Å². The van der Waals surface area contributed by atoms with Crippen molar-refractivity contribution in [3.8, 4) is 0 Å². The highest BCUT2D eigenvalue weighted by Crippen LogP contribution is 2.24. The summed E-state index contributed by atoms with van der Waals surface area (Å²) in [4.78, 5) is 24.7. The van der Waals surface area contributed by atoms with Gasteiger partial charge in [0.1, 0.15) is 0 Å². The summed E-state index contributed by atoms with van der Waals surface area (Å²) < 4.78 is 4.75. The molecule has 1 aliphatic heterocycles. The predicted octanol–water partition coefficient (Wildman–Crippen LogP) is 1.49. The van der Waals surface area contributed by atoms with E-state index in [0.717, 1.165) is 18.9 Å². The van der Waals surface area contributed by atoms with E-state index in [4.69, 9.17) is 10.5 Å². The number of carbonyl (C=O) groups is 2. The molecule has 0 spiro atoms. The summed E-state index contributed by atoms with van der Waals surface area (Å²) in [5.41, 5.74) is 5.44. The minimum atomic E-state index is -0.404. The van der Waals surface area contributed by atoms with Crippen molar-refractivity contribution in [2.24, 2.45) is 17.6 Å². The highest BCUT2D eigenvalue weighted by molar-refractivity contribution is 5.73. The summed E-state index contributed by atoms with van der Waals surface area (Å²) >= 11 is 0. The zero-order valence-corrected chi connectivity index (χ0v) is 13.6. The lowest BCUT2D eigenvalue weighted by Crippen LogP contribution is -2.53. The van der Waals surface area contributed by atoms with Crippen LogP contribution in [0.15, 0.2) is 0 Å². The maximum absolute atomic E-state index is 11.5. The summed E-state index contributed by atoms with van der Waals surface area (Å²) in [6.07, 6.45) is 7.85. The molecule has 1 aliphatic carbocycles. The molecule has 1 saturated carbocycles. The standard InChI is InChI=1S/C16H29N3O3/c1-22-15(20)8-13-7-14(11-19(10-13)16(17)21)18-9-12-5-3-2-4-6-12/h12-14,18H,2-11H2,1H3,(H2,17,21). The van der Waals surface area contributed by atoms with Gasteiger partial charge in [0.2, 0.25) is 0 Å². The van der Waals surface area contributed by atoms with Crippen LogP contribution >= 0.6 is 0 Å². The summed E-state index contributed by atoms with van der Waals surface area (Å²) in [6.45, 7) is 2.19. The van der Waals surface area contributed by atoms with Crippen LogP contribution in [0.1, 0.15) is 44.9 Å². The molecule has 1 saturated heterocycles. The Kier molecular flexibility index (Phi) is 6.49. The topological polar surface area (TPSA) is 84.7 Å². The quantitative estimate of drug-likeness (QED) is 0.753. The molecule has 3 N–H and O–H groups in total. The molecule has 2 unspecified atom stereocenters. The molecule has 0 bridgehead atoms. The lowest BCUT2D eigenvalue weighted by atomic mass is 9.88. The molecule has 2 aliphatic rings. The van der Waals surface area contributed by atoms with Gasteiger partial charge in [-0.3, -0.25) is 4.79 Å². The number of nitrogens with two attached hydrogens (primary N) is 1. The van der Waals surface area contributed by atoms with Crippen molar-refractivity contribution in [1.29, 1.82) is 0 Å². The Morgan fingerprint density at radius 2 is 1.91 bits per heavy atom. The van der Waals surface area contributed by atoms with Gasteiger partial charge < -0.3 is 20.7 Å². The molecule has 2 amide bonds. The Hall–Kier alpha value is -1.30. The van der Waals surface area contributed by atoms with Crippen LogP contribution in [0.3, 0.4) is 0 Å². The first kappa shape index (κ1) is 17.1. The first-order chi connectivity index (χ1) is 10.6. The molecule has 2 atom stereocenters. The maximum Gasteiger partial charge on any atom is 0.314 e. The third-order valence-electron chi connectivity index (χ3n) is 4.95. The van der Waals surface area contributed by atoms with Gasteiger partial charge in [0.05, 0.1) is 13.5 Å². The smallest absolute Gasteiger partial charge is 0.314 e. The van der Waals surface area contributed by atoms with Crippen LogP contribution in [0.2, 0.25) is 0 Å². The number of rotatable bonds is 5. The van der Waals surface area contributed by atoms with Crippen LogP contribution in [0.5, 0.6) is 0 Å². The highest BCUT2D eigenvalue weighted by Gasteiger charge is 2.30. The largest absolute Gasteiger partial charge is 0.469 e. The molecule has 1 heterocycles. The molecular weight excluding hydrogens is 282 g/mol. The third kappa shape index (κ3) is 5.16. The van der Waals surface area contributed by atoms with E-state index in [1.165, 1.54) is 39.2 Å². The number of primary amides is 1. The number of urea groups is 1. The number of likely N-dealkylation sites (tertiary alicyclic amines) is 1. The van der Waals surface area contributed by atoms with Crippen LogP contribution in [-0.4, -0.2) is 49.7 Å². The Morgan fingerprint density at radius 3 is 2.55 bits per heavy atom. The maximum atomic E-state index is 11.5. The lowest BCUT2D eigenvalue weighted by Gasteiger charge is -2.37. The zero-order chi connectivity index (χ0) is 15.9. The molecule has 2 rings (SSSR count). The number of esters is 1. The normalized spacial score (nSPS) is 26.7. The van der Waals surface area contributed by atoms with Gasteiger partial charge in [0.25, 0.3) is 0 Å². The van der Waals surface area contributed by atoms with E-state index in [1.807, 2.05) is 0 Å². The van der Waals surface area contributed by atoms with Crippen molar-refractivity contribution < 1.29 is 14.3 Å². The summed E-state index contributed by atoms with van der Waals surface area (Å²) in [6, 6.07) is -0.183. The average Bonchev–Trinajstić information content (AvgIpc) is 2.53. The van der Waals surface area contributed by atoms with Crippen LogP contribution in [0.25, 0.3) is 0 Å². The van der Waals surface area contributed by atoms with Gasteiger partial charge >= 0.3 is 12.0 Å². The number of nitrogens with one attached hydrogen (secondary N) is 1. The molecule has 0 aromatic rings.